The molecule has 0 amide bonds. The molecule has 0 radical (unpaired) electrons. The maximum absolute atomic E-state index is 5.71. The van der Waals surface area contributed by atoms with Crippen molar-refractivity contribution in [2.45, 2.75) is 20.3 Å². The van der Waals surface area contributed by atoms with Crippen LogP contribution in [-0.4, -0.2) is 11.8 Å². The van der Waals surface area contributed by atoms with Crippen LogP contribution in [0, 0.1) is 13.8 Å². The highest BCUT2D eigenvalue weighted by Crippen LogP contribution is 2.20. The summed E-state index contributed by atoms with van der Waals surface area (Å²) in [6, 6.07) is 7.75. The second-order valence-corrected chi connectivity index (χ2v) is 4.02. The third-order valence-electron chi connectivity index (χ3n) is 2.75. The van der Waals surface area contributed by atoms with Crippen LogP contribution in [0.4, 0.5) is 5.88 Å². The molecule has 4 heteroatoms. The second-order valence-electron chi connectivity index (χ2n) is 4.02. The van der Waals surface area contributed by atoms with E-state index < -0.39 is 0 Å². The van der Waals surface area contributed by atoms with E-state index in [2.05, 4.69) is 25.1 Å². The predicted molar refractivity (Wildman–Crippen MR) is 66.0 cm³/mol. The first-order valence-corrected chi connectivity index (χ1v) is 5.57. The molecule has 0 bridgehead atoms. The SMILES string of the molecule is Cc1cccc(OCCc2cc(N)on2)c1C. The van der Waals surface area contributed by atoms with Gasteiger partial charge in [-0.05, 0) is 31.0 Å². The van der Waals surface area contributed by atoms with Crippen molar-refractivity contribution in [3.63, 3.8) is 0 Å². The van der Waals surface area contributed by atoms with Crippen molar-refractivity contribution in [1.29, 1.82) is 0 Å². The molecule has 1 heterocycles. The van der Waals surface area contributed by atoms with Crippen molar-refractivity contribution in [3.05, 3.63) is 41.1 Å². The summed E-state index contributed by atoms with van der Waals surface area (Å²) in [5.74, 6) is 1.26. The van der Waals surface area contributed by atoms with Gasteiger partial charge in [-0.1, -0.05) is 17.3 Å². The molecule has 0 fully saturated rings. The van der Waals surface area contributed by atoms with Crippen LogP contribution in [0.25, 0.3) is 0 Å². The van der Waals surface area contributed by atoms with Crippen molar-refractivity contribution in [3.8, 4) is 5.75 Å². The van der Waals surface area contributed by atoms with Gasteiger partial charge >= 0.3 is 0 Å². The van der Waals surface area contributed by atoms with E-state index in [1.54, 1.807) is 6.07 Å². The van der Waals surface area contributed by atoms with Gasteiger partial charge in [-0.25, -0.2) is 0 Å². The van der Waals surface area contributed by atoms with Gasteiger partial charge in [-0.15, -0.1) is 0 Å². The largest absolute Gasteiger partial charge is 0.493 e. The van der Waals surface area contributed by atoms with Gasteiger partial charge in [0.25, 0.3) is 0 Å². The van der Waals surface area contributed by atoms with Gasteiger partial charge in [-0.3, -0.25) is 0 Å². The van der Waals surface area contributed by atoms with Crippen molar-refractivity contribution in [1.82, 2.24) is 5.16 Å². The molecule has 0 unspecified atom stereocenters. The maximum atomic E-state index is 5.71. The Balaban J connectivity index is 1.92. The molecule has 2 rings (SSSR count). The first-order valence-electron chi connectivity index (χ1n) is 5.57. The van der Waals surface area contributed by atoms with Gasteiger partial charge < -0.3 is 15.0 Å². The minimum absolute atomic E-state index is 0.340. The van der Waals surface area contributed by atoms with E-state index in [1.165, 1.54) is 11.1 Å². The summed E-state index contributed by atoms with van der Waals surface area (Å²) < 4.78 is 10.5. The summed E-state index contributed by atoms with van der Waals surface area (Å²) in [7, 11) is 0. The number of hydrogen-bond donors (Lipinski definition) is 1. The van der Waals surface area contributed by atoms with Crippen molar-refractivity contribution in [2.75, 3.05) is 12.3 Å². The topological polar surface area (TPSA) is 61.3 Å². The number of aryl methyl sites for hydroxylation is 1. The van der Waals surface area contributed by atoms with Crippen LogP contribution in [0.3, 0.4) is 0 Å². The van der Waals surface area contributed by atoms with E-state index in [-0.39, 0.29) is 0 Å². The van der Waals surface area contributed by atoms with Crippen LogP contribution in [0.1, 0.15) is 16.8 Å². The molecule has 17 heavy (non-hydrogen) atoms. The summed E-state index contributed by atoms with van der Waals surface area (Å²) in [5, 5.41) is 3.81. The lowest BCUT2D eigenvalue weighted by Gasteiger charge is -2.09. The fourth-order valence-corrected chi connectivity index (χ4v) is 1.59. The molecular formula is C13H16N2O2. The fourth-order valence-electron chi connectivity index (χ4n) is 1.59. The number of rotatable bonds is 4. The Kier molecular flexibility index (Phi) is 3.32. The van der Waals surface area contributed by atoms with E-state index in [1.807, 2.05) is 12.1 Å². The summed E-state index contributed by atoms with van der Waals surface area (Å²) in [6.07, 6.45) is 0.689. The first-order chi connectivity index (χ1) is 8.16. The number of nitrogens with zero attached hydrogens (tertiary/aromatic N) is 1. The van der Waals surface area contributed by atoms with Gasteiger partial charge in [0.1, 0.15) is 5.75 Å². The van der Waals surface area contributed by atoms with Crippen molar-refractivity contribution in [2.24, 2.45) is 0 Å². The third-order valence-corrected chi connectivity index (χ3v) is 2.75. The summed E-state index contributed by atoms with van der Waals surface area (Å²) in [5.41, 5.74) is 8.65. The Morgan fingerprint density at radius 1 is 1.35 bits per heavy atom. The van der Waals surface area contributed by atoms with Crippen LogP contribution >= 0.6 is 0 Å². The molecule has 90 valence electrons. The zero-order valence-electron chi connectivity index (χ0n) is 10.1. The first kappa shape index (κ1) is 11.5. The number of benzene rings is 1. The van der Waals surface area contributed by atoms with E-state index in [0.717, 1.165) is 11.4 Å². The fraction of sp³-hybridized carbons (Fsp3) is 0.308. The zero-order chi connectivity index (χ0) is 12.3. The van der Waals surface area contributed by atoms with Crippen LogP contribution in [0.2, 0.25) is 0 Å². The van der Waals surface area contributed by atoms with Gasteiger partial charge in [-0.2, -0.15) is 0 Å². The highest BCUT2D eigenvalue weighted by molar-refractivity contribution is 5.38. The predicted octanol–water partition coefficient (Wildman–Crippen LogP) is 2.50. The molecule has 0 saturated carbocycles. The van der Waals surface area contributed by atoms with E-state index in [4.69, 9.17) is 15.0 Å². The average Bonchev–Trinajstić information content (AvgIpc) is 2.70. The van der Waals surface area contributed by atoms with Crippen LogP contribution in [0.15, 0.2) is 28.8 Å². The number of ether oxygens (including phenoxy) is 1. The molecule has 1 aromatic carbocycles. The number of nitrogen functional groups attached to an aromatic ring is 1. The smallest absolute Gasteiger partial charge is 0.222 e. The van der Waals surface area contributed by atoms with Crippen LogP contribution in [-0.2, 0) is 6.42 Å². The van der Waals surface area contributed by atoms with E-state index >= 15 is 0 Å². The standard InChI is InChI=1S/C13H16N2O2/c1-9-4-3-5-12(10(9)2)16-7-6-11-8-13(14)17-15-11/h3-5,8H,6-7,14H2,1-2H3. The summed E-state index contributed by atoms with van der Waals surface area (Å²) in [6.45, 7) is 4.69. The Hall–Kier alpha value is -1.97. The van der Waals surface area contributed by atoms with Crippen molar-refractivity contribution >= 4 is 5.88 Å². The molecule has 2 aromatic rings. The quantitative estimate of drug-likeness (QED) is 0.879. The Morgan fingerprint density at radius 3 is 2.88 bits per heavy atom. The minimum Gasteiger partial charge on any atom is -0.493 e. The summed E-state index contributed by atoms with van der Waals surface area (Å²) in [4.78, 5) is 0. The van der Waals surface area contributed by atoms with Gasteiger partial charge in [0.15, 0.2) is 0 Å². The third kappa shape index (κ3) is 2.78. The number of anilines is 1. The normalized spacial score (nSPS) is 10.5. The number of aromatic nitrogens is 1. The second kappa shape index (κ2) is 4.91. The highest BCUT2D eigenvalue weighted by atomic mass is 16.5. The van der Waals surface area contributed by atoms with E-state index in [9.17, 15) is 0 Å². The van der Waals surface area contributed by atoms with Crippen LogP contribution in [0.5, 0.6) is 5.75 Å². The molecule has 0 saturated heterocycles. The zero-order valence-corrected chi connectivity index (χ0v) is 10.1. The Morgan fingerprint density at radius 2 is 2.18 bits per heavy atom. The highest BCUT2D eigenvalue weighted by Gasteiger charge is 2.04. The van der Waals surface area contributed by atoms with Gasteiger partial charge in [0.2, 0.25) is 5.88 Å². The molecule has 2 N–H and O–H groups in total. The lowest BCUT2D eigenvalue weighted by molar-refractivity contribution is 0.314. The lowest BCUT2D eigenvalue weighted by Crippen LogP contribution is -2.03. The minimum atomic E-state index is 0.340. The van der Waals surface area contributed by atoms with Crippen molar-refractivity contribution < 1.29 is 9.26 Å². The maximum Gasteiger partial charge on any atom is 0.222 e. The molecule has 0 aliphatic carbocycles. The van der Waals surface area contributed by atoms with Crippen LogP contribution < -0.4 is 10.5 Å². The Bertz CT molecular complexity index is 506. The number of nitrogens with two attached hydrogens (primary N) is 1. The summed E-state index contributed by atoms with van der Waals surface area (Å²) >= 11 is 0. The van der Waals surface area contributed by atoms with Gasteiger partial charge in [0.05, 0.1) is 12.3 Å². The molecule has 4 nitrogen and oxygen atoms in total. The molecule has 1 aromatic heterocycles. The van der Waals surface area contributed by atoms with E-state index in [0.29, 0.717) is 18.9 Å². The van der Waals surface area contributed by atoms with Gasteiger partial charge in [0, 0.05) is 12.5 Å². The monoisotopic (exact) mass is 232 g/mol. The molecular weight excluding hydrogens is 216 g/mol. The average molecular weight is 232 g/mol. The molecule has 0 atom stereocenters. The Labute approximate surface area is 100 Å². The number of hydrogen-bond acceptors (Lipinski definition) is 4. The lowest BCUT2D eigenvalue weighted by atomic mass is 10.1. The molecule has 0 spiro atoms. The molecule has 0 aliphatic rings. The molecule has 0 aliphatic heterocycles.